The Morgan fingerprint density at radius 2 is 1.81 bits per heavy atom. The SMILES string of the molecule is C#CCOCCCOc1cc(Cl)cc(Cl)c1. The molecule has 2 nitrogen and oxygen atoms in total. The van der Waals surface area contributed by atoms with Crippen LogP contribution in [0.25, 0.3) is 0 Å². The van der Waals surface area contributed by atoms with Crippen molar-refractivity contribution in [2.75, 3.05) is 19.8 Å². The van der Waals surface area contributed by atoms with Crippen LogP contribution in [-0.4, -0.2) is 19.8 Å². The standard InChI is InChI=1S/C12H12Cl2O2/c1-2-4-15-5-3-6-16-12-8-10(13)7-11(14)9-12/h1,7-9H,3-6H2. The van der Waals surface area contributed by atoms with Crippen LogP contribution in [0.4, 0.5) is 0 Å². The third-order valence-electron chi connectivity index (χ3n) is 1.72. The molecule has 0 aliphatic rings. The summed E-state index contributed by atoms with van der Waals surface area (Å²) >= 11 is 11.6. The highest BCUT2D eigenvalue weighted by molar-refractivity contribution is 6.34. The molecule has 0 amide bonds. The van der Waals surface area contributed by atoms with Gasteiger partial charge in [0, 0.05) is 16.5 Å². The molecule has 86 valence electrons. The molecule has 0 aliphatic carbocycles. The van der Waals surface area contributed by atoms with Crippen molar-refractivity contribution in [2.45, 2.75) is 6.42 Å². The Kier molecular flexibility index (Phi) is 6.10. The maximum Gasteiger partial charge on any atom is 0.122 e. The van der Waals surface area contributed by atoms with Crippen LogP contribution in [0.1, 0.15) is 6.42 Å². The van der Waals surface area contributed by atoms with Gasteiger partial charge >= 0.3 is 0 Å². The monoisotopic (exact) mass is 258 g/mol. The van der Waals surface area contributed by atoms with Crippen molar-refractivity contribution in [3.63, 3.8) is 0 Å². The first kappa shape index (κ1) is 13.2. The Bertz CT molecular complexity index is 352. The lowest BCUT2D eigenvalue weighted by atomic mass is 10.3. The first-order valence-corrected chi connectivity index (χ1v) is 5.58. The predicted molar refractivity (Wildman–Crippen MR) is 66.2 cm³/mol. The molecule has 0 bridgehead atoms. The highest BCUT2D eigenvalue weighted by Gasteiger charge is 1.98. The minimum absolute atomic E-state index is 0.336. The summed E-state index contributed by atoms with van der Waals surface area (Å²) in [7, 11) is 0. The van der Waals surface area contributed by atoms with Gasteiger partial charge in [-0.3, -0.25) is 0 Å². The number of benzene rings is 1. The Labute approximate surface area is 105 Å². The van der Waals surface area contributed by atoms with Crippen molar-refractivity contribution in [3.05, 3.63) is 28.2 Å². The summed E-state index contributed by atoms with van der Waals surface area (Å²) in [6.45, 7) is 1.46. The van der Waals surface area contributed by atoms with E-state index in [1.807, 2.05) is 0 Å². The molecule has 0 saturated heterocycles. The Hall–Kier alpha value is -0.880. The van der Waals surface area contributed by atoms with E-state index >= 15 is 0 Å². The van der Waals surface area contributed by atoms with Gasteiger partial charge in [-0.25, -0.2) is 0 Å². The zero-order chi connectivity index (χ0) is 11.8. The fraction of sp³-hybridized carbons (Fsp3) is 0.333. The molecule has 0 N–H and O–H groups in total. The lowest BCUT2D eigenvalue weighted by Crippen LogP contribution is -2.03. The zero-order valence-electron chi connectivity index (χ0n) is 8.71. The molecule has 0 unspecified atom stereocenters. The van der Waals surface area contributed by atoms with E-state index in [1.165, 1.54) is 0 Å². The fourth-order valence-electron chi connectivity index (χ4n) is 1.09. The predicted octanol–water partition coefficient (Wildman–Crippen LogP) is 3.41. The van der Waals surface area contributed by atoms with Gasteiger partial charge in [0.25, 0.3) is 0 Å². The summed E-state index contributed by atoms with van der Waals surface area (Å²) in [5.74, 6) is 3.05. The highest BCUT2D eigenvalue weighted by atomic mass is 35.5. The maximum absolute atomic E-state index is 5.82. The minimum atomic E-state index is 0.336. The van der Waals surface area contributed by atoms with Crippen LogP contribution in [0, 0.1) is 12.3 Å². The summed E-state index contributed by atoms with van der Waals surface area (Å²) in [4.78, 5) is 0. The van der Waals surface area contributed by atoms with Crippen LogP contribution >= 0.6 is 23.2 Å². The summed E-state index contributed by atoms with van der Waals surface area (Å²) < 4.78 is 10.5. The normalized spacial score (nSPS) is 9.81. The second kappa shape index (κ2) is 7.40. The van der Waals surface area contributed by atoms with Crippen LogP contribution in [0.5, 0.6) is 5.75 Å². The molecule has 16 heavy (non-hydrogen) atoms. The number of hydrogen-bond acceptors (Lipinski definition) is 2. The number of rotatable bonds is 6. The number of terminal acetylenes is 1. The number of hydrogen-bond donors (Lipinski definition) is 0. The van der Waals surface area contributed by atoms with E-state index in [9.17, 15) is 0 Å². The second-order valence-electron chi connectivity index (χ2n) is 3.06. The molecule has 4 heteroatoms. The van der Waals surface area contributed by atoms with Gasteiger partial charge in [-0.2, -0.15) is 0 Å². The third-order valence-corrected chi connectivity index (χ3v) is 2.16. The topological polar surface area (TPSA) is 18.5 Å². The molecular formula is C12H12Cl2O2. The Balaban J connectivity index is 2.24. The van der Waals surface area contributed by atoms with Crippen molar-refractivity contribution < 1.29 is 9.47 Å². The van der Waals surface area contributed by atoms with Gasteiger partial charge in [0.15, 0.2) is 0 Å². The lowest BCUT2D eigenvalue weighted by molar-refractivity contribution is 0.147. The average molecular weight is 259 g/mol. The molecule has 0 heterocycles. The first-order chi connectivity index (χ1) is 7.72. The molecule has 1 rings (SSSR count). The smallest absolute Gasteiger partial charge is 0.122 e. The third kappa shape index (κ3) is 5.27. The zero-order valence-corrected chi connectivity index (χ0v) is 10.2. The van der Waals surface area contributed by atoms with Gasteiger partial charge in [0.1, 0.15) is 12.4 Å². The highest BCUT2D eigenvalue weighted by Crippen LogP contribution is 2.24. The lowest BCUT2D eigenvalue weighted by Gasteiger charge is -2.06. The molecule has 0 saturated carbocycles. The minimum Gasteiger partial charge on any atom is -0.493 e. The van der Waals surface area contributed by atoms with Crippen LogP contribution < -0.4 is 4.74 Å². The summed E-state index contributed by atoms with van der Waals surface area (Å²) in [6, 6.07) is 5.09. The first-order valence-electron chi connectivity index (χ1n) is 4.82. The molecule has 0 atom stereocenters. The molecular weight excluding hydrogens is 247 g/mol. The van der Waals surface area contributed by atoms with Gasteiger partial charge in [-0.15, -0.1) is 6.42 Å². The Morgan fingerprint density at radius 1 is 1.12 bits per heavy atom. The summed E-state index contributed by atoms with van der Waals surface area (Å²) in [5.41, 5.74) is 0. The molecule has 0 aromatic heterocycles. The van der Waals surface area contributed by atoms with Gasteiger partial charge in [-0.1, -0.05) is 29.1 Å². The van der Waals surface area contributed by atoms with Gasteiger partial charge in [-0.05, 0) is 18.2 Å². The van der Waals surface area contributed by atoms with E-state index in [4.69, 9.17) is 39.1 Å². The molecule has 0 aliphatic heterocycles. The van der Waals surface area contributed by atoms with Crippen molar-refractivity contribution in [1.82, 2.24) is 0 Å². The largest absolute Gasteiger partial charge is 0.493 e. The average Bonchev–Trinajstić information content (AvgIpc) is 2.22. The van der Waals surface area contributed by atoms with Crippen molar-refractivity contribution in [3.8, 4) is 18.1 Å². The van der Waals surface area contributed by atoms with Crippen LogP contribution in [0.15, 0.2) is 18.2 Å². The van der Waals surface area contributed by atoms with E-state index in [0.717, 1.165) is 6.42 Å². The van der Waals surface area contributed by atoms with E-state index in [2.05, 4.69) is 5.92 Å². The van der Waals surface area contributed by atoms with Crippen molar-refractivity contribution in [1.29, 1.82) is 0 Å². The van der Waals surface area contributed by atoms with Crippen molar-refractivity contribution in [2.24, 2.45) is 0 Å². The molecule has 1 aromatic rings. The Morgan fingerprint density at radius 3 is 2.44 bits per heavy atom. The van der Waals surface area contributed by atoms with Crippen LogP contribution in [-0.2, 0) is 4.74 Å². The van der Waals surface area contributed by atoms with E-state index in [1.54, 1.807) is 18.2 Å². The molecule has 0 fully saturated rings. The maximum atomic E-state index is 5.82. The summed E-state index contributed by atoms with van der Waals surface area (Å²) in [5, 5.41) is 1.12. The number of ether oxygens (including phenoxy) is 2. The van der Waals surface area contributed by atoms with E-state index in [0.29, 0.717) is 35.6 Å². The summed E-state index contributed by atoms with van der Waals surface area (Å²) in [6.07, 6.45) is 5.80. The quantitative estimate of drug-likeness (QED) is 0.575. The van der Waals surface area contributed by atoms with Gasteiger partial charge in [0.05, 0.1) is 13.2 Å². The molecule has 0 radical (unpaired) electrons. The fourth-order valence-corrected chi connectivity index (χ4v) is 1.60. The van der Waals surface area contributed by atoms with Crippen LogP contribution in [0.3, 0.4) is 0 Å². The van der Waals surface area contributed by atoms with E-state index < -0.39 is 0 Å². The molecule has 0 spiro atoms. The second-order valence-corrected chi connectivity index (χ2v) is 3.94. The van der Waals surface area contributed by atoms with Gasteiger partial charge in [0.2, 0.25) is 0 Å². The van der Waals surface area contributed by atoms with Gasteiger partial charge < -0.3 is 9.47 Å². The number of halogens is 2. The van der Waals surface area contributed by atoms with Crippen LogP contribution in [0.2, 0.25) is 10.0 Å². The molecule has 1 aromatic carbocycles. The van der Waals surface area contributed by atoms with Crippen molar-refractivity contribution >= 4 is 23.2 Å². The van der Waals surface area contributed by atoms with E-state index in [-0.39, 0.29) is 0 Å².